The van der Waals surface area contributed by atoms with Crippen LogP contribution in [0.25, 0.3) is 0 Å². The first kappa shape index (κ1) is 10.7. The van der Waals surface area contributed by atoms with Crippen LogP contribution >= 0.6 is 0 Å². The van der Waals surface area contributed by atoms with Crippen LogP contribution in [0.2, 0.25) is 0 Å². The quantitative estimate of drug-likeness (QED) is 0.473. The van der Waals surface area contributed by atoms with Crippen molar-refractivity contribution in [2.75, 3.05) is 33.0 Å². The van der Waals surface area contributed by atoms with E-state index >= 15 is 0 Å². The van der Waals surface area contributed by atoms with Crippen LogP contribution < -0.4 is 5.32 Å². The average molecular weight is 185 g/mol. The van der Waals surface area contributed by atoms with Gasteiger partial charge in [0, 0.05) is 19.2 Å². The molecule has 3 nitrogen and oxygen atoms in total. The number of rotatable bonds is 7. The van der Waals surface area contributed by atoms with E-state index in [-0.39, 0.29) is 0 Å². The molecule has 1 aliphatic rings. The van der Waals surface area contributed by atoms with Gasteiger partial charge < -0.3 is 14.8 Å². The number of hydrogen-bond acceptors (Lipinski definition) is 3. The number of nitrogens with one attached hydrogen (secondary N) is 1. The first-order valence-electron chi connectivity index (χ1n) is 4.93. The highest BCUT2D eigenvalue weighted by atomic mass is 16.5. The SMILES string of the molecule is C=CCCOCCNC1CCOC1. The van der Waals surface area contributed by atoms with Crippen molar-refractivity contribution in [3.05, 3.63) is 12.7 Å². The highest BCUT2D eigenvalue weighted by Crippen LogP contribution is 2.02. The van der Waals surface area contributed by atoms with Crippen molar-refractivity contribution in [3.8, 4) is 0 Å². The van der Waals surface area contributed by atoms with Crippen molar-refractivity contribution in [3.63, 3.8) is 0 Å². The molecule has 1 unspecified atom stereocenters. The van der Waals surface area contributed by atoms with Crippen molar-refractivity contribution in [1.29, 1.82) is 0 Å². The minimum Gasteiger partial charge on any atom is -0.380 e. The Kier molecular flexibility index (Phi) is 5.81. The maximum Gasteiger partial charge on any atom is 0.0620 e. The monoisotopic (exact) mass is 185 g/mol. The molecule has 1 N–H and O–H groups in total. The zero-order chi connectivity index (χ0) is 9.36. The molecule has 1 saturated heterocycles. The van der Waals surface area contributed by atoms with Gasteiger partial charge in [0.15, 0.2) is 0 Å². The smallest absolute Gasteiger partial charge is 0.0620 e. The van der Waals surface area contributed by atoms with Crippen LogP contribution in [0.5, 0.6) is 0 Å². The van der Waals surface area contributed by atoms with Gasteiger partial charge in [-0.1, -0.05) is 6.08 Å². The van der Waals surface area contributed by atoms with Gasteiger partial charge in [-0.15, -0.1) is 6.58 Å². The summed E-state index contributed by atoms with van der Waals surface area (Å²) in [6.45, 7) is 7.87. The predicted octanol–water partition coefficient (Wildman–Crippen LogP) is 0.958. The second-order valence-electron chi connectivity index (χ2n) is 3.20. The summed E-state index contributed by atoms with van der Waals surface area (Å²) in [5.41, 5.74) is 0. The standard InChI is InChI=1S/C10H19NO2/c1-2-3-6-12-8-5-11-10-4-7-13-9-10/h2,10-11H,1,3-9H2. The first-order valence-corrected chi connectivity index (χ1v) is 4.93. The van der Waals surface area contributed by atoms with Crippen molar-refractivity contribution >= 4 is 0 Å². The van der Waals surface area contributed by atoms with Crippen LogP contribution in [0.4, 0.5) is 0 Å². The van der Waals surface area contributed by atoms with Crippen LogP contribution in [0.3, 0.4) is 0 Å². The van der Waals surface area contributed by atoms with E-state index in [9.17, 15) is 0 Å². The van der Waals surface area contributed by atoms with Crippen molar-refractivity contribution in [2.24, 2.45) is 0 Å². The van der Waals surface area contributed by atoms with Crippen molar-refractivity contribution < 1.29 is 9.47 Å². The Morgan fingerprint density at radius 2 is 2.46 bits per heavy atom. The van der Waals surface area contributed by atoms with Gasteiger partial charge in [-0.3, -0.25) is 0 Å². The zero-order valence-corrected chi connectivity index (χ0v) is 8.13. The number of hydrogen-bond donors (Lipinski definition) is 1. The van der Waals surface area contributed by atoms with Gasteiger partial charge in [0.05, 0.1) is 19.8 Å². The molecule has 0 spiro atoms. The lowest BCUT2D eigenvalue weighted by molar-refractivity contribution is 0.136. The summed E-state index contributed by atoms with van der Waals surface area (Å²) < 4.78 is 10.6. The van der Waals surface area contributed by atoms with E-state index in [1.54, 1.807) is 0 Å². The molecule has 1 aliphatic heterocycles. The average Bonchev–Trinajstić information content (AvgIpc) is 2.63. The molecule has 13 heavy (non-hydrogen) atoms. The third-order valence-corrected chi connectivity index (χ3v) is 2.08. The van der Waals surface area contributed by atoms with Crippen molar-refractivity contribution in [2.45, 2.75) is 18.9 Å². The highest BCUT2D eigenvalue weighted by Gasteiger charge is 2.13. The zero-order valence-electron chi connectivity index (χ0n) is 8.13. The molecule has 0 saturated carbocycles. The van der Waals surface area contributed by atoms with Gasteiger partial charge in [0.2, 0.25) is 0 Å². The van der Waals surface area contributed by atoms with E-state index in [0.29, 0.717) is 6.04 Å². The molecule has 1 fully saturated rings. The normalized spacial score (nSPS) is 22.0. The molecular formula is C10H19NO2. The topological polar surface area (TPSA) is 30.5 Å². The summed E-state index contributed by atoms with van der Waals surface area (Å²) in [6, 6.07) is 0.544. The highest BCUT2D eigenvalue weighted by molar-refractivity contribution is 4.70. The Morgan fingerprint density at radius 3 is 3.15 bits per heavy atom. The predicted molar refractivity (Wildman–Crippen MR) is 52.9 cm³/mol. The maximum absolute atomic E-state index is 5.36. The molecule has 76 valence electrons. The van der Waals surface area contributed by atoms with Crippen LogP contribution in [0, 0.1) is 0 Å². The molecular weight excluding hydrogens is 166 g/mol. The summed E-state index contributed by atoms with van der Waals surface area (Å²) in [5, 5.41) is 3.38. The van der Waals surface area contributed by atoms with Crippen LogP contribution in [0.1, 0.15) is 12.8 Å². The second kappa shape index (κ2) is 7.06. The lowest BCUT2D eigenvalue weighted by Crippen LogP contribution is -2.32. The third kappa shape index (κ3) is 5.03. The molecule has 3 heteroatoms. The molecule has 0 aliphatic carbocycles. The molecule has 0 aromatic rings. The van der Waals surface area contributed by atoms with Gasteiger partial charge in [-0.25, -0.2) is 0 Å². The minimum absolute atomic E-state index is 0.544. The van der Waals surface area contributed by atoms with Crippen LogP contribution in [-0.2, 0) is 9.47 Å². The Morgan fingerprint density at radius 1 is 1.54 bits per heavy atom. The fourth-order valence-electron chi connectivity index (χ4n) is 1.30. The first-order chi connectivity index (χ1) is 6.43. The summed E-state index contributed by atoms with van der Waals surface area (Å²) in [7, 11) is 0. The molecule has 0 bridgehead atoms. The summed E-state index contributed by atoms with van der Waals surface area (Å²) in [4.78, 5) is 0. The Hall–Kier alpha value is -0.380. The van der Waals surface area contributed by atoms with E-state index in [1.807, 2.05) is 6.08 Å². The van der Waals surface area contributed by atoms with Gasteiger partial charge in [0.1, 0.15) is 0 Å². The van der Waals surface area contributed by atoms with E-state index in [4.69, 9.17) is 9.47 Å². The molecule has 1 heterocycles. The molecule has 1 atom stereocenters. The third-order valence-electron chi connectivity index (χ3n) is 2.08. The Bertz CT molecular complexity index is 133. The molecule has 1 rings (SSSR count). The van der Waals surface area contributed by atoms with Crippen molar-refractivity contribution in [1.82, 2.24) is 5.32 Å². The largest absolute Gasteiger partial charge is 0.380 e. The lowest BCUT2D eigenvalue weighted by atomic mass is 10.3. The Labute approximate surface area is 80.1 Å². The van der Waals surface area contributed by atoms with Crippen LogP contribution in [0.15, 0.2) is 12.7 Å². The minimum atomic E-state index is 0.544. The Balaban J connectivity index is 1.80. The summed E-state index contributed by atoms with van der Waals surface area (Å²) in [6.07, 6.45) is 3.94. The molecule has 0 aromatic heterocycles. The van der Waals surface area contributed by atoms with Gasteiger partial charge >= 0.3 is 0 Å². The van der Waals surface area contributed by atoms with Gasteiger partial charge in [-0.05, 0) is 12.8 Å². The maximum atomic E-state index is 5.36. The fourth-order valence-corrected chi connectivity index (χ4v) is 1.30. The molecule has 0 amide bonds. The van der Waals surface area contributed by atoms with Crippen LogP contribution in [-0.4, -0.2) is 39.0 Å². The van der Waals surface area contributed by atoms with Gasteiger partial charge in [-0.2, -0.15) is 0 Å². The fraction of sp³-hybridized carbons (Fsp3) is 0.800. The van der Waals surface area contributed by atoms with Gasteiger partial charge in [0.25, 0.3) is 0 Å². The second-order valence-corrected chi connectivity index (χ2v) is 3.20. The summed E-state index contributed by atoms with van der Waals surface area (Å²) >= 11 is 0. The summed E-state index contributed by atoms with van der Waals surface area (Å²) in [5.74, 6) is 0. The van der Waals surface area contributed by atoms with E-state index in [2.05, 4.69) is 11.9 Å². The lowest BCUT2D eigenvalue weighted by Gasteiger charge is -2.09. The van der Waals surface area contributed by atoms with E-state index < -0.39 is 0 Å². The molecule has 0 aromatic carbocycles. The molecule has 0 radical (unpaired) electrons. The van der Waals surface area contributed by atoms with E-state index in [0.717, 1.165) is 45.8 Å². The number of ether oxygens (including phenoxy) is 2. The van der Waals surface area contributed by atoms with E-state index in [1.165, 1.54) is 0 Å².